The zero-order chi connectivity index (χ0) is 15.7. The zero-order valence-corrected chi connectivity index (χ0v) is 13.0. The lowest BCUT2D eigenvalue weighted by atomic mass is 9.49. The third-order valence-electron chi connectivity index (χ3n) is 5.19. The number of benzene rings is 1. The molecule has 0 saturated heterocycles. The molecule has 3 aliphatic carbocycles. The topological polar surface area (TPSA) is 41.5 Å². The van der Waals surface area contributed by atoms with Gasteiger partial charge in [0, 0.05) is 0 Å². The molecule has 4 heteroatoms. The monoisotopic (exact) mass is 300 g/mol. The maximum absolute atomic E-state index is 12.8. The molecule has 0 radical (unpaired) electrons. The minimum absolute atomic E-state index is 0.190. The van der Waals surface area contributed by atoms with Crippen LogP contribution in [0, 0.1) is 23.1 Å². The fourth-order valence-electron chi connectivity index (χ4n) is 3.55. The SMILES string of the molecule is CC1(C)C2CC=C(/C=N/NC(=O)Cc3ccc(F)cc3)C1C2. The summed E-state index contributed by atoms with van der Waals surface area (Å²) in [5, 5.41) is 4.08. The van der Waals surface area contributed by atoms with Crippen molar-refractivity contribution in [3.63, 3.8) is 0 Å². The van der Waals surface area contributed by atoms with Crippen LogP contribution in [0.3, 0.4) is 0 Å². The van der Waals surface area contributed by atoms with Crippen molar-refractivity contribution in [2.24, 2.45) is 22.4 Å². The Morgan fingerprint density at radius 1 is 1.41 bits per heavy atom. The molecule has 1 N–H and O–H groups in total. The Kier molecular flexibility index (Phi) is 3.85. The fraction of sp³-hybridized carbons (Fsp3) is 0.444. The van der Waals surface area contributed by atoms with Crippen LogP contribution < -0.4 is 5.43 Å². The lowest BCUT2D eigenvalue weighted by Gasteiger charge is -2.55. The van der Waals surface area contributed by atoms with Crippen LogP contribution in [0.1, 0.15) is 32.3 Å². The Labute approximate surface area is 130 Å². The van der Waals surface area contributed by atoms with E-state index in [2.05, 4.69) is 30.5 Å². The van der Waals surface area contributed by atoms with Crippen LogP contribution in [-0.2, 0) is 11.2 Å². The minimum atomic E-state index is -0.298. The van der Waals surface area contributed by atoms with Crippen LogP contribution in [0.5, 0.6) is 0 Å². The third kappa shape index (κ3) is 2.82. The number of hydrogen-bond acceptors (Lipinski definition) is 2. The number of hydrogen-bond donors (Lipinski definition) is 1. The van der Waals surface area contributed by atoms with Gasteiger partial charge in [-0.2, -0.15) is 5.10 Å². The van der Waals surface area contributed by atoms with Gasteiger partial charge < -0.3 is 0 Å². The fourth-order valence-corrected chi connectivity index (χ4v) is 3.55. The van der Waals surface area contributed by atoms with Crippen molar-refractivity contribution < 1.29 is 9.18 Å². The van der Waals surface area contributed by atoms with Crippen molar-refractivity contribution in [3.05, 3.63) is 47.3 Å². The van der Waals surface area contributed by atoms with Gasteiger partial charge in [-0.3, -0.25) is 4.79 Å². The molecular formula is C18H21FN2O. The Morgan fingerprint density at radius 3 is 2.77 bits per heavy atom. The number of amides is 1. The molecule has 1 aromatic rings. The van der Waals surface area contributed by atoms with Gasteiger partial charge >= 0.3 is 0 Å². The van der Waals surface area contributed by atoms with Gasteiger partial charge in [0.05, 0.1) is 12.6 Å². The smallest absolute Gasteiger partial charge is 0.244 e. The van der Waals surface area contributed by atoms with E-state index in [1.807, 2.05) is 0 Å². The average molecular weight is 300 g/mol. The first-order chi connectivity index (χ1) is 10.5. The Bertz CT molecular complexity index is 631. The van der Waals surface area contributed by atoms with E-state index in [4.69, 9.17) is 0 Å². The van der Waals surface area contributed by atoms with Gasteiger partial charge in [-0.25, -0.2) is 9.82 Å². The molecule has 3 aliphatic rings. The summed E-state index contributed by atoms with van der Waals surface area (Å²) >= 11 is 0. The maximum Gasteiger partial charge on any atom is 0.244 e. The molecule has 1 saturated carbocycles. The summed E-state index contributed by atoms with van der Waals surface area (Å²) in [6.07, 6.45) is 6.56. The highest BCUT2D eigenvalue weighted by atomic mass is 19.1. The summed E-state index contributed by atoms with van der Waals surface area (Å²) in [4.78, 5) is 11.8. The van der Waals surface area contributed by atoms with E-state index in [1.165, 1.54) is 24.1 Å². The zero-order valence-electron chi connectivity index (χ0n) is 13.0. The average Bonchev–Trinajstić information content (AvgIpc) is 2.49. The van der Waals surface area contributed by atoms with Crippen LogP contribution in [0.15, 0.2) is 41.0 Å². The van der Waals surface area contributed by atoms with E-state index in [0.717, 1.165) is 17.9 Å². The van der Waals surface area contributed by atoms with Crippen LogP contribution in [0.2, 0.25) is 0 Å². The number of nitrogens with zero attached hydrogens (tertiary/aromatic N) is 1. The number of nitrogens with one attached hydrogen (secondary N) is 1. The highest BCUT2D eigenvalue weighted by Gasteiger charge is 2.50. The standard InChI is InChI=1S/C18H21FN2O/c1-18(2)14-6-5-13(16(18)10-14)11-20-21-17(22)9-12-3-7-15(19)8-4-12/h3-5,7-8,11,14,16H,6,9-10H2,1-2H3,(H,21,22)/b20-11+. The highest BCUT2D eigenvalue weighted by Crippen LogP contribution is 2.58. The molecule has 116 valence electrons. The number of carbonyl (C=O) groups is 1. The Morgan fingerprint density at radius 2 is 2.14 bits per heavy atom. The molecule has 2 atom stereocenters. The second-order valence-electron chi connectivity index (χ2n) is 6.84. The van der Waals surface area contributed by atoms with Gasteiger partial charge in [0.25, 0.3) is 0 Å². The molecule has 0 spiro atoms. The molecule has 4 rings (SSSR count). The van der Waals surface area contributed by atoms with E-state index in [9.17, 15) is 9.18 Å². The lowest BCUT2D eigenvalue weighted by molar-refractivity contribution is -0.120. The van der Waals surface area contributed by atoms with Gasteiger partial charge in [0.15, 0.2) is 0 Å². The molecule has 1 aromatic carbocycles. The van der Waals surface area contributed by atoms with E-state index >= 15 is 0 Å². The van der Waals surface area contributed by atoms with Gasteiger partial charge in [-0.1, -0.05) is 32.1 Å². The molecule has 0 heterocycles. The minimum Gasteiger partial charge on any atom is -0.273 e. The van der Waals surface area contributed by atoms with Crippen LogP contribution in [0.25, 0.3) is 0 Å². The molecular weight excluding hydrogens is 279 g/mol. The molecule has 2 bridgehead atoms. The Hall–Kier alpha value is -1.97. The number of hydrazone groups is 1. The molecule has 3 nitrogen and oxygen atoms in total. The van der Waals surface area contributed by atoms with Gasteiger partial charge in [0.2, 0.25) is 5.91 Å². The summed E-state index contributed by atoms with van der Waals surface area (Å²) in [7, 11) is 0. The second-order valence-corrected chi connectivity index (χ2v) is 6.84. The van der Waals surface area contributed by atoms with Crippen LogP contribution in [0.4, 0.5) is 4.39 Å². The van der Waals surface area contributed by atoms with Gasteiger partial charge in [0.1, 0.15) is 5.82 Å². The summed E-state index contributed by atoms with van der Waals surface area (Å²) in [5.41, 5.74) is 4.91. The lowest BCUT2D eigenvalue weighted by Crippen LogP contribution is -2.48. The van der Waals surface area contributed by atoms with Crippen molar-refractivity contribution in [1.82, 2.24) is 5.43 Å². The molecule has 0 aromatic heterocycles. The summed E-state index contributed by atoms with van der Waals surface area (Å²) in [6.45, 7) is 4.61. The van der Waals surface area contributed by atoms with E-state index in [1.54, 1.807) is 18.3 Å². The van der Waals surface area contributed by atoms with Crippen molar-refractivity contribution >= 4 is 12.1 Å². The van der Waals surface area contributed by atoms with Crippen molar-refractivity contribution in [2.75, 3.05) is 0 Å². The number of rotatable bonds is 4. The quantitative estimate of drug-likeness (QED) is 0.671. The van der Waals surface area contributed by atoms with Gasteiger partial charge in [-0.15, -0.1) is 0 Å². The molecule has 22 heavy (non-hydrogen) atoms. The maximum atomic E-state index is 12.8. The van der Waals surface area contributed by atoms with Crippen LogP contribution >= 0.6 is 0 Å². The number of carbonyl (C=O) groups excluding carboxylic acids is 1. The van der Waals surface area contributed by atoms with E-state index in [-0.39, 0.29) is 18.1 Å². The van der Waals surface area contributed by atoms with Crippen molar-refractivity contribution in [3.8, 4) is 0 Å². The molecule has 2 unspecified atom stereocenters. The molecule has 1 amide bonds. The number of halogens is 1. The summed E-state index contributed by atoms with van der Waals surface area (Å²) < 4.78 is 12.8. The van der Waals surface area contributed by atoms with Crippen molar-refractivity contribution in [1.29, 1.82) is 0 Å². The summed E-state index contributed by atoms with van der Waals surface area (Å²) in [5.74, 6) is 0.865. The highest BCUT2D eigenvalue weighted by molar-refractivity contribution is 5.83. The number of fused-ring (bicyclic) bond motifs is 1. The molecule has 1 fully saturated rings. The van der Waals surface area contributed by atoms with E-state index < -0.39 is 0 Å². The predicted molar refractivity (Wildman–Crippen MR) is 84.8 cm³/mol. The number of allylic oxidation sites excluding steroid dienone is 2. The predicted octanol–water partition coefficient (Wildman–Crippen LogP) is 3.46. The van der Waals surface area contributed by atoms with Crippen LogP contribution in [-0.4, -0.2) is 12.1 Å². The first-order valence-electron chi connectivity index (χ1n) is 7.73. The summed E-state index contributed by atoms with van der Waals surface area (Å²) in [6, 6.07) is 5.93. The normalized spacial score (nSPS) is 25.5. The first kappa shape index (κ1) is 14.9. The second kappa shape index (κ2) is 5.67. The van der Waals surface area contributed by atoms with Gasteiger partial charge in [-0.05, 0) is 53.4 Å². The first-order valence-corrected chi connectivity index (χ1v) is 7.73. The Balaban J connectivity index is 1.53. The van der Waals surface area contributed by atoms with E-state index in [0.29, 0.717) is 11.3 Å². The third-order valence-corrected chi connectivity index (χ3v) is 5.19. The largest absolute Gasteiger partial charge is 0.273 e. The van der Waals surface area contributed by atoms with Crippen molar-refractivity contribution in [2.45, 2.75) is 33.1 Å². The molecule has 0 aliphatic heterocycles.